The van der Waals surface area contributed by atoms with Crippen molar-refractivity contribution in [2.24, 2.45) is 23.3 Å². The first-order chi connectivity index (χ1) is 8.54. The Morgan fingerprint density at radius 2 is 1.89 bits per heavy atom. The molecule has 0 bridgehead atoms. The fraction of sp³-hybridized carbons (Fsp3) is 0.846. The minimum Gasteiger partial charge on any atom is -0.370 e. The van der Waals surface area contributed by atoms with Gasteiger partial charge in [-0.05, 0) is 18.8 Å². The standard InChI is InChI=1S/C13H25N3O2/c1-9(8-14)13(18)16-11(7-12(15)17)10-5-3-2-4-6-10/h9-11H,2-8,14H2,1H3,(H2,15,17)(H,16,18). The molecule has 0 aliphatic heterocycles. The summed E-state index contributed by atoms with van der Waals surface area (Å²) in [5.74, 6) is -0.273. The minimum atomic E-state index is -0.355. The van der Waals surface area contributed by atoms with Crippen LogP contribution in [0.2, 0.25) is 0 Å². The lowest BCUT2D eigenvalue weighted by Crippen LogP contribution is -2.46. The third-order valence-corrected chi connectivity index (χ3v) is 3.77. The molecule has 0 aromatic heterocycles. The van der Waals surface area contributed by atoms with Gasteiger partial charge in [-0.25, -0.2) is 0 Å². The zero-order valence-electron chi connectivity index (χ0n) is 11.2. The summed E-state index contributed by atoms with van der Waals surface area (Å²) in [7, 11) is 0. The van der Waals surface area contributed by atoms with Crippen molar-refractivity contribution in [1.82, 2.24) is 5.32 Å². The van der Waals surface area contributed by atoms with Crippen molar-refractivity contribution in [1.29, 1.82) is 0 Å². The highest BCUT2D eigenvalue weighted by molar-refractivity contribution is 5.80. The molecule has 5 N–H and O–H groups in total. The molecular formula is C13H25N3O2. The van der Waals surface area contributed by atoms with E-state index in [2.05, 4.69) is 5.32 Å². The number of hydrogen-bond donors (Lipinski definition) is 3. The van der Waals surface area contributed by atoms with Crippen molar-refractivity contribution in [2.75, 3.05) is 6.54 Å². The van der Waals surface area contributed by atoms with Crippen LogP contribution in [0.15, 0.2) is 0 Å². The van der Waals surface area contributed by atoms with Gasteiger partial charge in [0, 0.05) is 24.9 Å². The van der Waals surface area contributed by atoms with Crippen LogP contribution in [-0.4, -0.2) is 24.4 Å². The van der Waals surface area contributed by atoms with Gasteiger partial charge in [0.2, 0.25) is 11.8 Å². The van der Waals surface area contributed by atoms with Crippen LogP contribution in [0.1, 0.15) is 45.4 Å². The number of nitrogens with two attached hydrogens (primary N) is 2. The molecule has 1 fully saturated rings. The average molecular weight is 255 g/mol. The summed E-state index contributed by atoms with van der Waals surface area (Å²) in [6, 6.07) is -0.121. The van der Waals surface area contributed by atoms with Crippen LogP contribution in [0.3, 0.4) is 0 Å². The fourth-order valence-corrected chi connectivity index (χ4v) is 2.52. The van der Waals surface area contributed by atoms with Gasteiger partial charge in [-0.3, -0.25) is 9.59 Å². The normalized spacial score (nSPS) is 20.1. The smallest absolute Gasteiger partial charge is 0.224 e. The van der Waals surface area contributed by atoms with Gasteiger partial charge in [0.1, 0.15) is 0 Å². The van der Waals surface area contributed by atoms with E-state index >= 15 is 0 Å². The Morgan fingerprint density at radius 1 is 1.28 bits per heavy atom. The van der Waals surface area contributed by atoms with Crippen LogP contribution in [0.5, 0.6) is 0 Å². The third-order valence-electron chi connectivity index (χ3n) is 3.77. The van der Waals surface area contributed by atoms with E-state index in [1.165, 1.54) is 19.3 Å². The molecule has 1 aliphatic rings. The highest BCUT2D eigenvalue weighted by Crippen LogP contribution is 2.27. The van der Waals surface area contributed by atoms with Gasteiger partial charge < -0.3 is 16.8 Å². The summed E-state index contributed by atoms with van der Waals surface area (Å²) in [5.41, 5.74) is 10.7. The molecule has 1 aliphatic carbocycles. The predicted molar refractivity (Wildman–Crippen MR) is 70.5 cm³/mol. The second-order valence-electron chi connectivity index (χ2n) is 5.32. The first kappa shape index (κ1) is 15.0. The number of amides is 2. The summed E-state index contributed by atoms with van der Waals surface area (Å²) in [6.45, 7) is 2.11. The van der Waals surface area contributed by atoms with Gasteiger partial charge in [-0.15, -0.1) is 0 Å². The topological polar surface area (TPSA) is 98.2 Å². The maximum absolute atomic E-state index is 11.9. The molecular weight excluding hydrogens is 230 g/mol. The number of nitrogens with one attached hydrogen (secondary N) is 1. The van der Waals surface area contributed by atoms with Gasteiger partial charge >= 0.3 is 0 Å². The van der Waals surface area contributed by atoms with Crippen LogP contribution in [0.25, 0.3) is 0 Å². The molecule has 0 spiro atoms. The number of rotatable bonds is 6. The Hall–Kier alpha value is -1.10. The Labute approximate surface area is 109 Å². The van der Waals surface area contributed by atoms with Crippen molar-refractivity contribution in [3.63, 3.8) is 0 Å². The lowest BCUT2D eigenvalue weighted by atomic mass is 9.82. The van der Waals surface area contributed by atoms with E-state index in [0.717, 1.165) is 12.8 Å². The monoisotopic (exact) mass is 255 g/mol. The second-order valence-corrected chi connectivity index (χ2v) is 5.32. The van der Waals surface area contributed by atoms with Crippen molar-refractivity contribution >= 4 is 11.8 Å². The largest absolute Gasteiger partial charge is 0.370 e. The van der Waals surface area contributed by atoms with Crippen LogP contribution in [0, 0.1) is 11.8 Å². The van der Waals surface area contributed by atoms with Gasteiger partial charge in [0.15, 0.2) is 0 Å². The quantitative estimate of drug-likeness (QED) is 0.645. The number of carbonyl (C=O) groups is 2. The van der Waals surface area contributed by atoms with Crippen molar-refractivity contribution < 1.29 is 9.59 Å². The van der Waals surface area contributed by atoms with Gasteiger partial charge in [-0.1, -0.05) is 26.2 Å². The summed E-state index contributed by atoms with van der Waals surface area (Å²) >= 11 is 0. The average Bonchev–Trinajstić information content (AvgIpc) is 2.37. The second kappa shape index (κ2) is 7.36. The number of carbonyl (C=O) groups excluding carboxylic acids is 2. The molecule has 5 heteroatoms. The molecule has 2 amide bonds. The van der Waals surface area contributed by atoms with E-state index in [0.29, 0.717) is 12.5 Å². The highest BCUT2D eigenvalue weighted by atomic mass is 16.2. The molecule has 0 aromatic carbocycles. The number of hydrogen-bond acceptors (Lipinski definition) is 3. The zero-order valence-corrected chi connectivity index (χ0v) is 11.2. The molecule has 5 nitrogen and oxygen atoms in total. The third kappa shape index (κ3) is 4.64. The first-order valence-electron chi connectivity index (χ1n) is 6.83. The maximum atomic E-state index is 11.9. The molecule has 1 saturated carbocycles. The van der Waals surface area contributed by atoms with E-state index in [4.69, 9.17) is 11.5 Å². The van der Waals surface area contributed by atoms with E-state index in [1.54, 1.807) is 6.92 Å². The lowest BCUT2D eigenvalue weighted by Gasteiger charge is -2.31. The van der Waals surface area contributed by atoms with Crippen molar-refractivity contribution in [3.05, 3.63) is 0 Å². The van der Waals surface area contributed by atoms with E-state index < -0.39 is 0 Å². The molecule has 1 rings (SSSR count). The summed E-state index contributed by atoms with van der Waals surface area (Å²) in [5, 5.41) is 2.95. The first-order valence-corrected chi connectivity index (χ1v) is 6.83. The van der Waals surface area contributed by atoms with Crippen LogP contribution >= 0.6 is 0 Å². The molecule has 2 unspecified atom stereocenters. The Balaban J connectivity index is 2.59. The minimum absolute atomic E-state index is 0.0747. The van der Waals surface area contributed by atoms with Crippen LogP contribution in [-0.2, 0) is 9.59 Å². The molecule has 0 aromatic rings. The summed E-state index contributed by atoms with van der Waals surface area (Å²) in [4.78, 5) is 23.0. The maximum Gasteiger partial charge on any atom is 0.224 e. The molecule has 0 heterocycles. The van der Waals surface area contributed by atoms with Gasteiger partial charge in [-0.2, -0.15) is 0 Å². The van der Waals surface area contributed by atoms with Crippen LogP contribution < -0.4 is 16.8 Å². The van der Waals surface area contributed by atoms with Crippen molar-refractivity contribution in [2.45, 2.75) is 51.5 Å². The predicted octanol–water partition coefficient (Wildman–Crippen LogP) is 0.522. The van der Waals surface area contributed by atoms with E-state index in [-0.39, 0.29) is 30.2 Å². The van der Waals surface area contributed by atoms with Crippen molar-refractivity contribution in [3.8, 4) is 0 Å². The Morgan fingerprint density at radius 3 is 2.39 bits per heavy atom. The number of primary amides is 1. The molecule has 18 heavy (non-hydrogen) atoms. The van der Waals surface area contributed by atoms with Crippen LogP contribution in [0.4, 0.5) is 0 Å². The van der Waals surface area contributed by atoms with E-state index in [9.17, 15) is 9.59 Å². The molecule has 0 radical (unpaired) electrons. The zero-order chi connectivity index (χ0) is 13.5. The van der Waals surface area contributed by atoms with E-state index in [1.807, 2.05) is 0 Å². The summed E-state index contributed by atoms with van der Waals surface area (Å²) < 4.78 is 0. The SMILES string of the molecule is CC(CN)C(=O)NC(CC(N)=O)C1CCCCC1. The lowest BCUT2D eigenvalue weighted by molar-refractivity contribution is -0.126. The Bertz CT molecular complexity index is 288. The van der Waals surface area contributed by atoms with Gasteiger partial charge in [0.25, 0.3) is 0 Å². The highest BCUT2D eigenvalue weighted by Gasteiger charge is 2.27. The molecule has 104 valence electrons. The summed E-state index contributed by atoms with van der Waals surface area (Å²) in [6.07, 6.45) is 5.94. The Kier molecular flexibility index (Phi) is 6.12. The van der Waals surface area contributed by atoms with Gasteiger partial charge in [0.05, 0.1) is 0 Å². The fourth-order valence-electron chi connectivity index (χ4n) is 2.52. The molecule has 0 saturated heterocycles. The molecule has 2 atom stereocenters.